The standard InChI is InChI=1S/C22H19F2N5OS/c1-3-30-15-8-19(31-11-15)18-9-20(28-12-27-18)26-4-5-29-14(10-25)7-16-13(2)6-17(23)21(24)22(16)29/h6-9,11-12H,3-5H2,1-2H3,(H,26,27,28). The first-order valence-corrected chi connectivity index (χ1v) is 10.5. The summed E-state index contributed by atoms with van der Waals surface area (Å²) in [5.41, 5.74) is 1.71. The van der Waals surface area contributed by atoms with Crippen LogP contribution in [0.25, 0.3) is 21.5 Å². The fraction of sp³-hybridized carbons (Fsp3) is 0.227. The minimum Gasteiger partial charge on any atom is -0.493 e. The lowest BCUT2D eigenvalue weighted by Crippen LogP contribution is -2.13. The summed E-state index contributed by atoms with van der Waals surface area (Å²) in [6.07, 6.45) is 1.46. The molecule has 0 bridgehead atoms. The summed E-state index contributed by atoms with van der Waals surface area (Å²) in [7, 11) is 0. The van der Waals surface area contributed by atoms with Crippen LogP contribution in [0.2, 0.25) is 0 Å². The number of halogens is 2. The molecule has 0 aliphatic carbocycles. The maximum absolute atomic E-state index is 14.5. The van der Waals surface area contributed by atoms with Gasteiger partial charge in [-0.2, -0.15) is 5.26 Å². The van der Waals surface area contributed by atoms with Crippen LogP contribution in [0.4, 0.5) is 14.6 Å². The van der Waals surface area contributed by atoms with Gasteiger partial charge in [-0.25, -0.2) is 18.7 Å². The fourth-order valence-electron chi connectivity index (χ4n) is 3.44. The first-order valence-electron chi connectivity index (χ1n) is 9.67. The molecule has 0 aliphatic rings. The highest BCUT2D eigenvalue weighted by atomic mass is 32.1. The summed E-state index contributed by atoms with van der Waals surface area (Å²) in [6, 6.07) is 8.52. The van der Waals surface area contributed by atoms with Crippen molar-refractivity contribution in [1.82, 2.24) is 14.5 Å². The predicted molar refractivity (Wildman–Crippen MR) is 116 cm³/mol. The SMILES string of the molecule is CCOc1csc(-c2cc(NCCn3c(C#N)cc4c(C)cc(F)c(F)c43)ncn2)c1. The Bertz CT molecular complexity index is 1290. The van der Waals surface area contributed by atoms with E-state index in [1.54, 1.807) is 13.0 Å². The Labute approximate surface area is 181 Å². The highest BCUT2D eigenvalue weighted by molar-refractivity contribution is 7.13. The van der Waals surface area contributed by atoms with Gasteiger partial charge in [0.15, 0.2) is 11.6 Å². The molecule has 4 rings (SSSR count). The number of hydrogen-bond acceptors (Lipinski definition) is 6. The number of nitrogens with zero attached hydrogens (tertiary/aromatic N) is 4. The van der Waals surface area contributed by atoms with Crippen molar-refractivity contribution in [3.8, 4) is 22.4 Å². The van der Waals surface area contributed by atoms with Crippen LogP contribution >= 0.6 is 11.3 Å². The number of benzene rings is 1. The van der Waals surface area contributed by atoms with Gasteiger partial charge in [-0.1, -0.05) is 0 Å². The molecule has 31 heavy (non-hydrogen) atoms. The molecule has 1 aromatic carbocycles. The number of hydrogen-bond donors (Lipinski definition) is 1. The number of rotatable bonds is 7. The molecule has 6 nitrogen and oxygen atoms in total. The lowest BCUT2D eigenvalue weighted by atomic mass is 10.1. The van der Waals surface area contributed by atoms with Crippen LogP contribution < -0.4 is 10.1 Å². The van der Waals surface area contributed by atoms with Gasteiger partial charge in [-0.3, -0.25) is 0 Å². The molecule has 0 amide bonds. The zero-order chi connectivity index (χ0) is 22.0. The van der Waals surface area contributed by atoms with Crippen LogP contribution in [0, 0.1) is 29.9 Å². The van der Waals surface area contributed by atoms with E-state index in [9.17, 15) is 14.0 Å². The summed E-state index contributed by atoms with van der Waals surface area (Å²) >= 11 is 1.52. The summed E-state index contributed by atoms with van der Waals surface area (Å²) in [4.78, 5) is 9.47. The van der Waals surface area contributed by atoms with Gasteiger partial charge in [0.25, 0.3) is 0 Å². The average Bonchev–Trinajstić information content (AvgIpc) is 3.38. The molecule has 3 heterocycles. The van der Waals surface area contributed by atoms with Crippen LogP contribution in [0.1, 0.15) is 18.2 Å². The molecule has 0 atom stereocenters. The molecule has 0 saturated heterocycles. The summed E-state index contributed by atoms with van der Waals surface area (Å²) < 4.78 is 35.4. The van der Waals surface area contributed by atoms with Crippen molar-refractivity contribution in [3.63, 3.8) is 0 Å². The van der Waals surface area contributed by atoms with Crippen molar-refractivity contribution in [2.45, 2.75) is 20.4 Å². The Morgan fingerprint density at radius 2 is 2.06 bits per heavy atom. The zero-order valence-electron chi connectivity index (χ0n) is 16.9. The topological polar surface area (TPSA) is 75.8 Å². The van der Waals surface area contributed by atoms with Gasteiger partial charge in [-0.15, -0.1) is 11.3 Å². The average molecular weight is 439 g/mol. The van der Waals surface area contributed by atoms with Gasteiger partial charge in [0.2, 0.25) is 0 Å². The van der Waals surface area contributed by atoms with Crippen molar-refractivity contribution >= 4 is 28.1 Å². The van der Waals surface area contributed by atoms with E-state index in [1.807, 2.05) is 24.4 Å². The van der Waals surface area contributed by atoms with E-state index < -0.39 is 11.6 Å². The van der Waals surface area contributed by atoms with Crippen molar-refractivity contribution < 1.29 is 13.5 Å². The minimum atomic E-state index is -0.950. The lowest BCUT2D eigenvalue weighted by Gasteiger charge is -2.11. The molecule has 0 unspecified atom stereocenters. The third-order valence-electron chi connectivity index (χ3n) is 4.84. The van der Waals surface area contributed by atoms with E-state index in [0.29, 0.717) is 29.9 Å². The summed E-state index contributed by atoms with van der Waals surface area (Å²) in [5.74, 6) is -0.489. The molecule has 0 radical (unpaired) electrons. The molecule has 0 aliphatic heterocycles. The van der Waals surface area contributed by atoms with Crippen LogP contribution in [0.15, 0.2) is 36.0 Å². The Hall–Kier alpha value is -3.51. The van der Waals surface area contributed by atoms with Crippen LogP contribution in [0.3, 0.4) is 0 Å². The minimum absolute atomic E-state index is 0.0984. The molecular weight excluding hydrogens is 420 g/mol. The number of anilines is 1. The second-order valence-corrected chi connectivity index (χ2v) is 7.75. The third kappa shape index (κ3) is 4.07. The van der Waals surface area contributed by atoms with E-state index in [2.05, 4.69) is 21.4 Å². The molecule has 9 heteroatoms. The van der Waals surface area contributed by atoms with Crippen molar-refractivity contribution in [2.24, 2.45) is 0 Å². The number of fused-ring (bicyclic) bond motifs is 1. The van der Waals surface area contributed by atoms with E-state index in [0.717, 1.165) is 22.4 Å². The maximum atomic E-state index is 14.5. The van der Waals surface area contributed by atoms with Crippen LogP contribution in [-0.4, -0.2) is 27.7 Å². The molecule has 1 N–H and O–H groups in total. The van der Waals surface area contributed by atoms with Gasteiger partial charge in [-0.05, 0) is 31.5 Å². The van der Waals surface area contributed by atoms with Gasteiger partial charge < -0.3 is 14.6 Å². The van der Waals surface area contributed by atoms with Crippen LogP contribution in [0.5, 0.6) is 5.75 Å². The largest absolute Gasteiger partial charge is 0.493 e. The molecular formula is C22H19F2N5OS. The predicted octanol–water partition coefficient (Wildman–Crippen LogP) is 5.13. The number of nitrogens with one attached hydrogen (secondary N) is 1. The molecule has 0 saturated carbocycles. The molecule has 0 fully saturated rings. The van der Waals surface area contributed by atoms with Crippen molar-refractivity contribution in [1.29, 1.82) is 5.26 Å². The summed E-state index contributed by atoms with van der Waals surface area (Å²) in [5, 5.41) is 15.1. The molecule has 158 valence electrons. The fourth-order valence-corrected chi connectivity index (χ4v) is 4.23. The quantitative estimate of drug-likeness (QED) is 0.432. The molecule has 4 aromatic rings. The number of ether oxygens (including phenoxy) is 1. The van der Waals surface area contributed by atoms with Crippen molar-refractivity contribution in [3.05, 3.63) is 58.9 Å². The second-order valence-electron chi connectivity index (χ2n) is 6.84. The van der Waals surface area contributed by atoms with Gasteiger partial charge in [0.1, 0.15) is 29.7 Å². The number of nitriles is 1. The maximum Gasteiger partial charge on any atom is 0.183 e. The smallest absolute Gasteiger partial charge is 0.183 e. The van der Waals surface area contributed by atoms with E-state index >= 15 is 0 Å². The Morgan fingerprint density at radius 1 is 1.23 bits per heavy atom. The Balaban J connectivity index is 1.54. The lowest BCUT2D eigenvalue weighted by molar-refractivity contribution is 0.342. The zero-order valence-corrected chi connectivity index (χ0v) is 17.8. The van der Waals surface area contributed by atoms with E-state index in [1.165, 1.54) is 22.2 Å². The Morgan fingerprint density at radius 3 is 2.84 bits per heavy atom. The van der Waals surface area contributed by atoms with Crippen molar-refractivity contribution in [2.75, 3.05) is 18.5 Å². The van der Waals surface area contributed by atoms with E-state index in [-0.39, 0.29) is 17.8 Å². The summed E-state index contributed by atoms with van der Waals surface area (Å²) in [6.45, 7) is 4.84. The molecule has 3 aromatic heterocycles. The first kappa shape index (κ1) is 20.8. The van der Waals surface area contributed by atoms with Gasteiger partial charge in [0.05, 0.1) is 22.7 Å². The number of thiophene rings is 1. The monoisotopic (exact) mass is 439 g/mol. The van der Waals surface area contributed by atoms with Gasteiger partial charge >= 0.3 is 0 Å². The highest BCUT2D eigenvalue weighted by Gasteiger charge is 2.18. The second kappa shape index (κ2) is 8.70. The van der Waals surface area contributed by atoms with Crippen LogP contribution in [-0.2, 0) is 6.54 Å². The number of aryl methyl sites for hydroxylation is 1. The normalized spacial score (nSPS) is 10.9. The Kier molecular flexibility index (Phi) is 5.82. The highest BCUT2D eigenvalue weighted by Crippen LogP contribution is 2.31. The van der Waals surface area contributed by atoms with E-state index in [4.69, 9.17) is 4.74 Å². The number of aromatic nitrogens is 3. The first-order chi connectivity index (χ1) is 15.0. The third-order valence-corrected chi connectivity index (χ3v) is 5.78. The van der Waals surface area contributed by atoms with Gasteiger partial charge in [0, 0.05) is 36.0 Å². The molecule has 0 spiro atoms.